The van der Waals surface area contributed by atoms with Crippen LogP contribution in [0.2, 0.25) is 0 Å². The smallest absolute Gasteiger partial charge is 0.188 e. The minimum absolute atomic E-state index is 0.341. The Morgan fingerprint density at radius 1 is 1.10 bits per heavy atom. The summed E-state index contributed by atoms with van der Waals surface area (Å²) in [6.45, 7) is 8.75. The standard InChI is InChI=1S/C21H27FN6O/c1-15(2)13-16(27-9-11-29-12-10-27)14-23-19-7-8-20-24-25-21(28(20)26-19)17-5-3-4-6-18(17)22/h3-8,15-16H,9-14H2,1-2H3,(H,23,26). The molecule has 3 heterocycles. The third-order valence-corrected chi connectivity index (χ3v) is 5.20. The first kappa shape index (κ1) is 19.7. The van der Waals surface area contributed by atoms with Gasteiger partial charge in [-0.2, -0.15) is 4.52 Å². The van der Waals surface area contributed by atoms with Gasteiger partial charge in [0, 0.05) is 25.7 Å². The molecule has 0 aliphatic carbocycles. The van der Waals surface area contributed by atoms with E-state index in [1.165, 1.54) is 6.07 Å². The SMILES string of the molecule is CC(C)CC(CNc1ccc2nnc(-c3ccccc3F)n2n1)N1CCOCC1. The number of rotatable bonds is 7. The highest BCUT2D eigenvalue weighted by atomic mass is 19.1. The molecule has 1 unspecified atom stereocenters. The maximum atomic E-state index is 14.2. The maximum absolute atomic E-state index is 14.2. The number of aromatic nitrogens is 4. The second kappa shape index (κ2) is 8.84. The van der Waals surface area contributed by atoms with Crippen molar-refractivity contribution in [2.24, 2.45) is 5.92 Å². The van der Waals surface area contributed by atoms with E-state index in [4.69, 9.17) is 4.74 Å². The van der Waals surface area contributed by atoms with Crippen molar-refractivity contribution in [3.8, 4) is 11.4 Å². The van der Waals surface area contributed by atoms with E-state index in [0.29, 0.717) is 29.0 Å². The molecule has 0 spiro atoms. The molecular formula is C21H27FN6O. The predicted molar refractivity (Wildman–Crippen MR) is 110 cm³/mol. The van der Waals surface area contributed by atoms with E-state index in [2.05, 4.69) is 39.4 Å². The van der Waals surface area contributed by atoms with Gasteiger partial charge in [0.05, 0.1) is 18.8 Å². The van der Waals surface area contributed by atoms with Gasteiger partial charge in [0.2, 0.25) is 0 Å². The molecule has 1 aliphatic rings. The Balaban J connectivity index is 1.54. The molecule has 4 rings (SSSR count). The molecule has 0 radical (unpaired) electrons. The van der Waals surface area contributed by atoms with Gasteiger partial charge in [-0.15, -0.1) is 15.3 Å². The van der Waals surface area contributed by atoms with Crippen molar-refractivity contribution in [1.82, 2.24) is 24.7 Å². The summed E-state index contributed by atoms with van der Waals surface area (Å²) in [5.41, 5.74) is 0.969. The Bertz CT molecular complexity index is 953. The zero-order chi connectivity index (χ0) is 20.2. The van der Waals surface area contributed by atoms with Crippen molar-refractivity contribution in [2.45, 2.75) is 26.3 Å². The molecule has 1 fully saturated rings. The first-order chi connectivity index (χ1) is 14.1. The molecule has 0 bridgehead atoms. The molecule has 3 aromatic rings. The van der Waals surface area contributed by atoms with Crippen LogP contribution in [0, 0.1) is 11.7 Å². The molecule has 2 aromatic heterocycles. The zero-order valence-corrected chi connectivity index (χ0v) is 16.9. The molecular weight excluding hydrogens is 371 g/mol. The minimum Gasteiger partial charge on any atom is -0.379 e. The van der Waals surface area contributed by atoms with Gasteiger partial charge < -0.3 is 10.1 Å². The highest BCUT2D eigenvalue weighted by Gasteiger charge is 2.22. The van der Waals surface area contributed by atoms with Gasteiger partial charge in [-0.25, -0.2) is 4.39 Å². The number of halogens is 1. The Labute approximate surface area is 169 Å². The normalized spacial score (nSPS) is 16.4. The van der Waals surface area contributed by atoms with Gasteiger partial charge in [-0.05, 0) is 36.6 Å². The van der Waals surface area contributed by atoms with Gasteiger partial charge in [0.15, 0.2) is 11.5 Å². The van der Waals surface area contributed by atoms with E-state index in [9.17, 15) is 4.39 Å². The summed E-state index contributed by atoms with van der Waals surface area (Å²) in [7, 11) is 0. The summed E-state index contributed by atoms with van der Waals surface area (Å²) < 4.78 is 21.3. The van der Waals surface area contributed by atoms with Crippen LogP contribution in [0.3, 0.4) is 0 Å². The first-order valence-corrected chi connectivity index (χ1v) is 10.1. The van der Waals surface area contributed by atoms with Crippen LogP contribution < -0.4 is 5.32 Å². The van der Waals surface area contributed by atoms with Gasteiger partial charge in [0.1, 0.15) is 11.6 Å². The highest BCUT2D eigenvalue weighted by Crippen LogP contribution is 2.21. The predicted octanol–water partition coefficient (Wildman–Crippen LogP) is 3.09. The lowest BCUT2D eigenvalue weighted by Gasteiger charge is -2.35. The number of fused-ring (bicyclic) bond motifs is 1. The van der Waals surface area contributed by atoms with Gasteiger partial charge >= 0.3 is 0 Å². The van der Waals surface area contributed by atoms with Crippen LogP contribution in [0.5, 0.6) is 0 Å². The van der Waals surface area contributed by atoms with Crippen molar-refractivity contribution < 1.29 is 9.13 Å². The summed E-state index contributed by atoms with van der Waals surface area (Å²) in [5.74, 6) is 1.38. The van der Waals surface area contributed by atoms with E-state index >= 15 is 0 Å². The second-order valence-corrected chi connectivity index (χ2v) is 7.80. The third-order valence-electron chi connectivity index (χ3n) is 5.20. The lowest BCUT2D eigenvalue weighted by molar-refractivity contribution is 0.0150. The summed E-state index contributed by atoms with van der Waals surface area (Å²) in [4.78, 5) is 2.48. The average Bonchev–Trinajstić information content (AvgIpc) is 3.15. The fourth-order valence-electron chi connectivity index (χ4n) is 3.76. The monoisotopic (exact) mass is 398 g/mol. The van der Waals surface area contributed by atoms with Crippen molar-refractivity contribution in [2.75, 3.05) is 38.2 Å². The molecule has 0 saturated carbocycles. The quantitative estimate of drug-likeness (QED) is 0.660. The molecule has 154 valence electrons. The lowest BCUT2D eigenvalue weighted by atomic mass is 10.0. The highest BCUT2D eigenvalue weighted by molar-refractivity contribution is 5.60. The largest absolute Gasteiger partial charge is 0.379 e. The Kier molecular flexibility index (Phi) is 6.01. The van der Waals surface area contributed by atoms with Crippen molar-refractivity contribution in [1.29, 1.82) is 0 Å². The maximum Gasteiger partial charge on any atom is 0.188 e. The Morgan fingerprint density at radius 3 is 2.66 bits per heavy atom. The van der Waals surface area contributed by atoms with Crippen LogP contribution in [-0.2, 0) is 4.74 Å². The van der Waals surface area contributed by atoms with Crippen molar-refractivity contribution in [3.63, 3.8) is 0 Å². The van der Waals surface area contributed by atoms with Crippen LogP contribution in [0.25, 0.3) is 17.0 Å². The number of hydrogen-bond acceptors (Lipinski definition) is 6. The molecule has 1 atom stereocenters. The summed E-state index contributed by atoms with van der Waals surface area (Å²) >= 11 is 0. The molecule has 1 saturated heterocycles. The number of benzene rings is 1. The molecule has 8 heteroatoms. The molecule has 1 N–H and O–H groups in total. The van der Waals surface area contributed by atoms with E-state index in [1.807, 2.05) is 12.1 Å². The Morgan fingerprint density at radius 2 is 1.90 bits per heavy atom. The summed E-state index contributed by atoms with van der Waals surface area (Å²) in [6, 6.07) is 10.7. The zero-order valence-electron chi connectivity index (χ0n) is 16.9. The van der Waals surface area contributed by atoms with E-state index in [-0.39, 0.29) is 5.82 Å². The van der Waals surface area contributed by atoms with E-state index in [1.54, 1.807) is 22.7 Å². The summed E-state index contributed by atoms with van der Waals surface area (Å²) in [6.07, 6.45) is 1.10. The van der Waals surface area contributed by atoms with E-state index in [0.717, 1.165) is 45.1 Å². The summed E-state index contributed by atoms with van der Waals surface area (Å²) in [5, 5.41) is 16.3. The van der Waals surface area contributed by atoms with Gasteiger partial charge in [-0.3, -0.25) is 4.90 Å². The average molecular weight is 398 g/mol. The first-order valence-electron chi connectivity index (χ1n) is 10.1. The number of nitrogens with zero attached hydrogens (tertiary/aromatic N) is 5. The van der Waals surface area contributed by atoms with Crippen LogP contribution in [0.4, 0.5) is 10.2 Å². The molecule has 0 amide bonds. The lowest BCUT2D eigenvalue weighted by Crippen LogP contribution is -2.47. The number of morpholine rings is 1. The van der Waals surface area contributed by atoms with Crippen molar-refractivity contribution in [3.05, 3.63) is 42.2 Å². The fraction of sp³-hybridized carbons (Fsp3) is 0.476. The second-order valence-electron chi connectivity index (χ2n) is 7.80. The number of nitrogens with one attached hydrogen (secondary N) is 1. The molecule has 1 aromatic carbocycles. The minimum atomic E-state index is -0.341. The third kappa shape index (κ3) is 4.54. The van der Waals surface area contributed by atoms with Crippen molar-refractivity contribution >= 4 is 11.5 Å². The van der Waals surface area contributed by atoms with Crippen LogP contribution in [0.15, 0.2) is 36.4 Å². The topological polar surface area (TPSA) is 67.6 Å². The van der Waals surface area contributed by atoms with Gasteiger partial charge in [-0.1, -0.05) is 26.0 Å². The van der Waals surface area contributed by atoms with Gasteiger partial charge in [0.25, 0.3) is 0 Å². The molecule has 29 heavy (non-hydrogen) atoms. The fourth-order valence-corrected chi connectivity index (χ4v) is 3.76. The number of hydrogen-bond donors (Lipinski definition) is 1. The molecule has 1 aliphatic heterocycles. The van der Waals surface area contributed by atoms with Crippen LogP contribution in [-0.4, -0.2) is 63.6 Å². The Hall–Kier alpha value is -2.58. The number of anilines is 1. The number of ether oxygens (including phenoxy) is 1. The molecule has 7 nitrogen and oxygen atoms in total. The van der Waals surface area contributed by atoms with Crippen LogP contribution in [0.1, 0.15) is 20.3 Å². The van der Waals surface area contributed by atoms with Crippen LogP contribution >= 0.6 is 0 Å². The van der Waals surface area contributed by atoms with E-state index < -0.39 is 0 Å².